The maximum Gasteiger partial charge on any atom is 0.321 e. The number of nitrogens with one attached hydrogen (secondary N) is 2. The van der Waals surface area contributed by atoms with Crippen LogP contribution in [0.15, 0.2) is 42.5 Å². The number of urea groups is 1. The Morgan fingerprint density at radius 3 is 1.94 bits per heavy atom. The fraction of sp³-hybridized carbons (Fsp3) is 0.423. The van der Waals surface area contributed by atoms with Crippen LogP contribution < -0.4 is 20.1 Å². The summed E-state index contributed by atoms with van der Waals surface area (Å²) >= 11 is 0. The molecular weight excluding hydrogens is 448 g/mol. The number of piperidine rings is 1. The van der Waals surface area contributed by atoms with Gasteiger partial charge in [0.1, 0.15) is 11.5 Å². The Hall–Kier alpha value is -3.75. The molecule has 0 bridgehead atoms. The van der Waals surface area contributed by atoms with Crippen LogP contribution in [-0.4, -0.2) is 68.0 Å². The Morgan fingerprint density at radius 2 is 1.37 bits per heavy atom. The number of para-hydroxylation sites is 2. The highest BCUT2D eigenvalue weighted by Crippen LogP contribution is 2.27. The minimum atomic E-state index is -0.221. The smallest absolute Gasteiger partial charge is 0.321 e. The first-order valence-corrected chi connectivity index (χ1v) is 12.0. The molecule has 0 aliphatic carbocycles. The van der Waals surface area contributed by atoms with Crippen molar-refractivity contribution in [1.82, 2.24) is 9.80 Å². The van der Waals surface area contributed by atoms with Crippen molar-refractivity contribution in [3.8, 4) is 11.5 Å². The Labute approximate surface area is 205 Å². The Kier molecular flexibility index (Phi) is 7.74. The highest BCUT2D eigenvalue weighted by Gasteiger charge is 2.29. The lowest BCUT2D eigenvalue weighted by Crippen LogP contribution is -2.41. The monoisotopic (exact) mass is 480 g/mol. The maximum absolute atomic E-state index is 13.0. The maximum atomic E-state index is 13.0. The van der Waals surface area contributed by atoms with Crippen molar-refractivity contribution < 1.29 is 23.9 Å². The molecule has 0 saturated carbocycles. The summed E-state index contributed by atoms with van der Waals surface area (Å²) in [4.78, 5) is 42.1. The van der Waals surface area contributed by atoms with E-state index in [0.29, 0.717) is 54.4 Å². The van der Waals surface area contributed by atoms with Crippen LogP contribution in [0, 0.1) is 5.92 Å². The van der Waals surface area contributed by atoms with Gasteiger partial charge < -0.3 is 29.9 Å². The summed E-state index contributed by atoms with van der Waals surface area (Å²) in [6.45, 7) is 2.45. The number of amides is 4. The number of carbonyl (C=O) groups is 3. The second-order valence-electron chi connectivity index (χ2n) is 8.83. The highest BCUT2D eigenvalue weighted by atomic mass is 16.5. The van der Waals surface area contributed by atoms with Gasteiger partial charge in [-0.25, -0.2) is 4.79 Å². The Morgan fingerprint density at radius 1 is 0.800 bits per heavy atom. The van der Waals surface area contributed by atoms with Gasteiger partial charge >= 0.3 is 6.03 Å². The van der Waals surface area contributed by atoms with Gasteiger partial charge in [0.2, 0.25) is 5.91 Å². The van der Waals surface area contributed by atoms with E-state index >= 15 is 0 Å². The van der Waals surface area contributed by atoms with Gasteiger partial charge in [-0.3, -0.25) is 9.59 Å². The van der Waals surface area contributed by atoms with E-state index in [1.165, 1.54) is 0 Å². The lowest BCUT2D eigenvalue weighted by atomic mass is 9.95. The van der Waals surface area contributed by atoms with Crippen molar-refractivity contribution >= 4 is 29.2 Å². The number of hydrogen-bond donors (Lipinski definition) is 2. The number of methoxy groups -OCH3 is 2. The van der Waals surface area contributed by atoms with Crippen molar-refractivity contribution in [2.75, 3.05) is 51.0 Å². The minimum Gasteiger partial charge on any atom is -0.497 e. The summed E-state index contributed by atoms with van der Waals surface area (Å²) in [5, 5.41) is 5.89. The number of rotatable bonds is 6. The van der Waals surface area contributed by atoms with Crippen LogP contribution in [0.1, 0.15) is 36.0 Å². The van der Waals surface area contributed by atoms with Gasteiger partial charge in [0.15, 0.2) is 0 Å². The lowest BCUT2D eigenvalue weighted by molar-refractivity contribution is -0.121. The molecule has 2 fully saturated rings. The average Bonchev–Trinajstić information content (AvgIpc) is 3.44. The first-order chi connectivity index (χ1) is 17.0. The molecule has 0 atom stereocenters. The van der Waals surface area contributed by atoms with Crippen molar-refractivity contribution in [3.05, 3.63) is 48.0 Å². The highest BCUT2D eigenvalue weighted by molar-refractivity contribution is 6.00. The van der Waals surface area contributed by atoms with E-state index in [2.05, 4.69) is 10.6 Å². The zero-order valence-electron chi connectivity index (χ0n) is 20.2. The number of nitrogens with zero attached hydrogens (tertiary/aromatic N) is 2. The number of likely N-dealkylation sites (tertiary alicyclic amines) is 2. The molecule has 2 heterocycles. The first kappa shape index (κ1) is 24.4. The van der Waals surface area contributed by atoms with E-state index in [0.717, 1.165) is 25.9 Å². The quantitative estimate of drug-likeness (QED) is 0.655. The topological polar surface area (TPSA) is 100 Å². The van der Waals surface area contributed by atoms with E-state index in [4.69, 9.17) is 9.47 Å². The minimum absolute atomic E-state index is 0.108. The molecule has 9 heteroatoms. The Bertz CT molecular complexity index is 1050. The summed E-state index contributed by atoms with van der Waals surface area (Å²) in [5.41, 5.74) is 1.65. The zero-order valence-corrected chi connectivity index (χ0v) is 20.2. The third-order valence-electron chi connectivity index (χ3n) is 6.57. The average molecular weight is 481 g/mol. The van der Waals surface area contributed by atoms with Crippen molar-refractivity contribution in [2.45, 2.75) is 25.7 Å². The molecule has 0 spiro atoms. The van der Waals surface area contributed by atoms with Crippen molar-refractivity contribution in [1.29, 1.82) is 0 Å². The molecule has 186 valence electrons. The van der Waals surface area contributed by atoms with E-state index in [-0.39, 0.29) is 23.8 Å². The first-order valence-electron chi connectivity index (χ1n) is 12.0. The molecule has 4 rings (SSSR count). The Balaban J connectivity index is 1.34. The van der Waals surface area contributed by atoms with Crippen LogP contribution >= 0.6 is 0 Å². The van der Waals surface area contributed by atoms with Gasteiger partial charge in [-0.1, -0.05) is 12.1 Å². The summed E-state index contributed by atoms with van der Waals surface area (Å²) in [6, 6.07) is 12.2. The second kappa shape index (κ2) is 11.1. The third-order valence-corrected chi connectivity index (χ3v) is 6.57. The van der Waals surface area contributed by atoms with Crippen molar-refractivity contribution in [2.24, 2.45) is 5.92 Å². The molecule has 0 radical (unpaired) electrons. The summed E-state index contributed by atoms with van der Waals surface area (Å²) < 4.78 is 10.5. The molecule has 2 aliphatic rings. The SMILES string of the molecule is COc1cc(OC)cc(C(=O)N2CCC(C(=O)Nc3ccccc3NC(=O)N3CCCC3)CC2)c1. The predicted molar refractivity (Wildman–Crippen MR) is 133 cm³/mol. The van der Waals surface area contributed by atoms with Crippen LogP contribution in [0.2, 0.25) is 0 Å². The fourth-order valence-corrected chi connectivity index (χ4v) is 4.51. The van der Waals surface area contributed by atoms with Gasteiger partial charge in [0.25, 0.3) is 5.91 Å². The van der Waals surface area contributed by atoms with Gasteiger partial charge in [-0.15, -0.1) is 0 Å². The van der Waals surface area contributed by atoms with Gasteiger partial charge in [-0.05, 0) is 49.9 Å². The molecule has 2 aromatic carbocycles. The molecule has 35 heavy (non-hydrogen) atoms. The molecular formula is C26H32N4O5. The molecule has 0 unspecified atom stereocenters. The number of carbonyl (C=O) groups excluding carboxylic acids is 3. The van der Waals surface area contributed by atoms with E-state index in [9.17, 15) is 14.4 Å². The van der Waals surface area contributed by atoms with Crippen LogP contribution in [0.4, 0.5) is 16.2 Å². The van der Waals surface area contributed by atoms with Crippen LogP contribution in [0.3, 0.4) is 0 Å². The summed E-state index contributed by atoms with van der Waals surface area (Å²) in [5.74, 6) is 0.662. The van der Waals surface area contributed by atoms with Gasteiger partial charge in [-0.2, -0.15) is 0 Å². The lowest BCUT2D eigenvalue weighted by Gasteiger charge is -2.31. The number of hydrogen-bond acceptors (Lipinski definition) is 5. The molecule has 2 aromatic rings. The molecule has 2 aliphatic heterocycles. The predicted octanol–water partition coefficient (Wildman–Crippen LogP) is 3.82. The van der Waals surface area contributed by atoms with Gasteiger partial charge in [0, 0.05) is 43.7 Å². The van der Waals surface area contributed by atoms with Crippen LogP contribution in [0.25, 0.3) is 0 Å². The van der Waals surface area contributed by atoms with E-state index in [1.54, 1.807) is 54.4 Å². The number of benzene rings is 2. The van der Waals surface area contributed by atoms with Gasteiger partial charge in [0.05, 0.1) is 25.6 Å². The van der Waals surface area contributed by atoms with Crippen LogP contribution in [-0.2, 0) is 4.79 Å². The van der Waals surface area contributed by atoms with E-state index in [1.807, 2.05) is 12.1 Å². The molecule has 0 aromatic heterocycles. The molecule has 2 N–H and O–H groups in total. The van der Waals surface area contributed by atoms with Crippen molar-refractivity contribution in [3.63, 3.8) is 0 Å². The van der Waals surface area contributed by atoms with E-state index < -0.39 is 0 Å². The summed E-state index contributed by atoms with van der Waals surface area (Å²) in [7, 11) is 3.09. The standard InChI is InChI=1S/C26H32N4O5/c1-34-20-15-19(16-21(17-20)35-2)25(32)29-13-9-18(10-14-29)24(31)27-22-7-3-4-8-23(22)28-26(33)30-11-5-6-12-30/h3-4,7-8,15-18H,5-6,9-14H2,1-2H3,(H,27,31)(H,28,33). The normalized spacial score (nSPS) is 16.1. The third kappa shape index (κ3) is 5.85. The molecule has 2 saturated heterocycles. The number of ether oxygens (including phenoxy) is 2. The second-order valence-corrected chi connectivity index (χ2v) is 8.83. The largest absolute Gasteiger partial charge is 0.497 e. The zero-order chi connectivity index (χ0) is 24.8. The summed E-state index contributed by atoms with van der Waals surface area (Å²) in [6.07, 6.45) is 3.14. The molecule has 9 nitrogen and oxygen atoms in total. The van der Waals surface area contributed by atoms with Crippen LogP contribution in [0.5, 0.6) is 11.5 Å². The fourth-order valence-electron chi connectivity index (χ4n) is 4.51. The number of anilines is 2. The molecule has 4 amide bonds.